The van der Waals surface area contributed by atoms with Gasteiger partial charge in [-0.05, 0) is 19.2 Å². The molecule has 0 aromatic heterocycles. The molecule has 0 saturated heterocycles. The van der Waals surface area contributed by atoms with Gasteiger partial charge in [0.15, 0.2) is 0 Å². The van der Waals surface area contributed by atoms with E-state index < -0.39 is 0 Å². The first-order valence-electron chi connectivity index (χ1n) is 4.38. The van der Waals surface area contributed by atoms with Crippen molar-refractivity contribution in [1.82, 2.24) is 4.81 Å². The fourth-order valence-electron chi connectivity index (χ4n) is 0.932. The van der Waals surface area contributed by atoms with Gasteiger partial charge in [0.2, 0.25) is 0 Å². The molecule has 0 N–H and O–H groups in total. The van der Waals surface area contributed by atoms with Gasteiger partial charge in [-0.25, -0.2) is 0 Å². The third-order valence-corrected chi connectivity index (χ3v) is 1.51. The Labute approximate surface area is 135 Å². The maximum Gasteiger partial charge on any atom is 0 e. The summed E-state index contributed by atoms with van der Waals surface area (Å²) in [5.74, 6) is 1.90. The molecule has 0 aliphatic carbocycles. The molecule has 0 saturated carbocycles. The van der Waals surface area contributed by atoms with E-state index in [1.54, 1.807) is 0 Å². The van der Waals surface area contributed by atoms with E-state index in [0.717, 1.165) is 6.54 Å². The molecule has 0 amide bonds. The zero-order valence-corrected chi connectivity index (χ0v) is 12.2. The molecular formula is C12H9BCrN2O5. The predicted octanol–water partition coefficient (Wildman–Crippen LogP) is 1.15. The molecule has 1 aliphatic heterocycles. The van der Waals surface area contributed by atoms with Crippen LogP contribution < -0.4 is 0 Å². The second-order valence-corrected chi connectivity index (χ2v) is 2.10. The van der Waals surface area contributed by atoms with E-state index in [9.17, 15) is 0 Å². The first kappa shape index (κ1) is 36.5. The smallest absolute Gasteiger partial charge is 0 e. The standard InChI is InChI=1S/C7H9BN2.5CO.Cr/c1-3-10-7-5-4-6-8(10)9-2;5*1-2;/h4-7H,3H2,1H3;;;;;;. The van der Waals surface area contributed by atoms with Crippen LogP contribution in [-0.4, -0.2) is 18.3 Å². The van der Waals surface area contributed by atoms with Gasteiger partial charge in [-0.2, -0.15) is 0 Å². The zero-order chi connectivity index (χ0) is 17.4. The second-order valence-electron chi connectivity index (χ2n) is 2.10. The van der Waals surface area contributed by atoms with Crippen LogP contribution in [0.5, 0.6) is 0 Å². The minimum atomic E-state index is -0.0741. The summed E-state index contributed by atoms with van der Waals surface area (Å²) in [4.78, 5) is 1.99. The van der Waals surface area contributed by atoms with Crippen molar-refractivity contribution in [2.75, 3.05) is 6.54 Å². The molecule has 0 unspecified atom stereocenters. The van der Waals surface area contributed by atoms with Gasteiger partial charge < -0.3 is 9.57 Å². The molecule has 0 atom stereocenters. The summed E-state index contributed by atoms with van der Waals surface area (Å²) >= 11 is 0. The maximum absolute atomic E-state index is 7.50. The van der Waals surface area contributed by atoms with Gasteiger partial charge in [0.25, 0.3) is 0 Å². The SMILES string of the molecule is [C-]#[N+]B1C=CC=CN1CC.[C-]#[O+].[C-]#[O+].[C-]#[O+].[C-]#[O+].[C-]#[O+].[Cr]. The van der Waals surface area contributed by atoms with Gasteiger partial charge in [-0.15, -0.1) is 0 Å². The fraction of sp³-hybridized carbons (Fsp3) is 0.167. The Morgan fingerprint density at radius 3 is 1.52 bits per heavy atom. The van der Waals surface area contributed by atoms with Crippen molar-refractivity contribution in [2.45, 2.75) is 6.92 Å². The molecule has 1 heterocycles. The van der Waals surface area contributed by atoms with Crippen molar-refractivity contribution in [2.24, 2.45) is 0 Å². The molecule has 0 spiro atoms. The molecule has 0 radical (unpaired) electrons. The molecule has 7 nitrogen and oxygen atoms in total. The van der Waals surface area contributed by atoms with Crippen molar-refractivity contribution >= 4 is 6.98 Å². The minimum absolute atomic E-state index is 0. The van der Waals surface area contributed by atoms with E-state index in [0.29, 0.717) is 0 Å². The molecule has 0 aromatic carbocycles. The van der Waals surface area contributed by atoms with Crippen LogP contribution in [0.1, 0.15) is 6.92 Å². The Kier molecular flexibility index (Phi) is 90.1. The number of allylic oxidation sites excluding steroid dienone is 2. The van der Waals surface area contributed by atoms with Crippen molar-refractivity contribution < 1.29 is 40.6 Å². The van der Waals surface area contributed by atoms with E-state index >= 15 is 0 Å². The van der Waals surface area contributed by atoms with Crippen LogP contribution in [-0.2, 0) is 40.6 Å². The average molecular weight is 324 g/mol. The topological polar surface area (TPSA) is 107 Å². The summed E-state index contributed by atoms with van der Waals surface area (Å²) in [6.07, 6.45) is 5.81. The molecule has 1 aliphatic rings. The Balaban J connectivity index is -0.0000000440. The van der Waals surface area contributed by atoms with Crippen LogP contribution in [0.15, 0.2) is 24.3 Å². The summed E-state index contributed by atoms with van der Waals surface area (Å²) in [7, 11) is 0. The van der Waals surface area contributed by atoms with Crippen molar-refractivity contribution in [3.63, 3.8) is 0 Å². The van der Waals surface area contributed by atoms with Gasteiger partial charge in [0.1, 0.15) is 0 Å². The maximum atomic E-state index is 7.50. The summed E-state index contributed by atoms with van der Waals surface area (Å²) in [6.45, 7) is 32.2. The third-order valence-electron chi connectivity index (χ3n) is 1.51. The largest absolute Gasteiger partial charge is 0 e. The second kappa shape index (κ2) is 51.9. The number of hydrogen-bond acceptors (Lipinski definition) is 1. The minimum Gasteiger partial charge on any atom is 0 e. The van der Waals surface area contributed by atoms with Gasteiger partial charge in [0.05, 0.1) is 0 Å². The number of hydrogen-bond donors (Lipinski definition) is 0. The number of rotatable bonds is 1. The van der Waals surface area contributed by atoms with Crippen molar-refractivity contribution in [1.29, 1.82) is 0 Å². The van der Waals surface area contributed by atoms with E-state index in [1.165, 1.54) is 0 Å². The molecule has 106 valence electrons. The molecule has 0 aromatic rings. The van der Waals surface area contributed by atoms with Gasteiger partial charge in [-0.1, -0.05) is 6.08 Å². The van der Waals surface area contributed by atoms with Crippen LogP contribution in [0.3, 0.4) is 0 Å². The Morgan fingerprint density at radius 2 is 1.29 bits per heavy atom. The van der Waals surface area contributed by atoms with Crippen LogP contribution in [0.2, 0.25) is 0 Å². The number of nitrogens with zero attached hydrogens (tertiary/aromatic N) is 2. The molecule has 1 rings (SSSR count). The molecular weight excluding hydrogens is 315 g/mol. The van der Waals surface area contributed by atoms with E-state index in [2.05, 4.69) is 38.0 Å². The summed E-state index contributed by atoms with van der Waals surface area (Å²) in [5, 5.41) is 0. The van der Waals surface area contributed by atoms with Gasteiger partial charge in [0, 0.05) is 29.9 Å². The van der Waals surface area contributed by atoms with E-state index in [4.69, 9.17) is 29.8 Å². The summed E-state index contributed by atoms with van der Waals surface area (Å²) < 4.78 is 40.9. The summed E-state index contributed by atoms with van der Waals surface area (Å²) in [5.41, 5.74) is 0. The Morgan fingerprint density at radius 1 is 0.905 bits per heavy atom. The first-order chi connectivity index (χ1) is 9.88. The molecule has 0 fully saturated rings. The van der Waals surface area contributed by atoms with E-state index in [1.807, 2.05) is 36.1 Å². The molecule has 21 heavy (non-hydrogen) atoms. The van der Waals surface area contributed by atoms with Gasteiger partial charge >= 0.3 is 63.5 Å². The quantitative estimate of drug-likeness (QED) is 0.403. The normalized spacial score (nSPS) is 7.90. The zero-order valence-electron chi connectivity index (χ0n) is 10.9. The van der Waals surface area contributed by atoms with Crippen molar-refractivity contribution in [3.05, 3.63) is 68.9 Å². The van der Waals surface area contributed by atoms with E-state index in [-0.39, 0.29) is 24.3 Å². The van der Waals surface area contributed by atoms with Gasteiger partial charge in [-0.3, -0.25) is 6.57 Å². The third kappa shape index (κ3) is 27.3. The van der Waals surface area contributed by atoms with Crippen molar-refractivity contribution in [3.8, 4) is 0 Å². The Bertz CT molecular complexity index is 358. The summed E-state index contributed by atoms with van der Waals surface area (Å²) in [6, 6.07) is 0. The van der Waals surface area contributed by atoms with Crippen LogP contribution in [0.4, 0.5) is 0 Å². The van der Waals surface area contributed by atoms with Crippen LogP contribution in [0, 0.1) is 39.8 Å². The fourth-order valence-corrected chi connectivity index (χ4v) is 0.932. The van der Waals surface area contributed by atoms with Crippen LogP contribution >= 0.6 is 0 Å². The molecule has 0 bridgehead atoms. The monoisotopic (exact) mass is 324 g/mol. The van der Waals surface area contributed by atoms with Crippen LogP contribution in [0.25, 0.3) is 4.76 Å². The predicted molar refractivity (Wildman–Crippen MR) is 62.7 cm³/mol. The molecule has 9 heteroatoms. The Hall–Kier alpha value is -1.93. The first-order valence-corrected chi connectivity index (χ1v) is 4.38. The average Bonchev–Trinajstić information content (AvgIpc) is 2.63.